The van der Waals surface area contributed by atoms with Crippen LogP contribution in [0, 0.1) is 23.4 Å². The molecule has 1 saturated carbocycles. The van der Waals surface area contributed by atoms with E-state index in [1.807, 2.05) is 18.2 Å². The predicted octanol–water partition coefficient (Wildman–Crippen LogP) is 6.85. The summed E-state index contributed by atoms with van der Waals surface area (Å²) in [4.78, 5) is 0. The molecule has 0 amide bonds. The first-order valence-corrected chi connectivity index (χ1v) is 9.36. The van der Waals surface area contributed by atoms with Crippen molar-refractivity contribution in [2.24, 2.45) is 5.92 Å². The molecule has 140 valence electrons. The molecule has 0 spiro atoms. The Kier molecular flexibility index (Phi) is 5.90. The minimum absolute atomic E-state index is 0.291. The van der Waals surface area contributed by atoms with E-state index in [1.54, 1.807) is 0 Å². The Hall–Kier alpha value is -1.97. The van der Waals surface area contributed by atoms with E-state index in [4.69, 9.17) is 4.74 Å². The van der Waals surface area contributed by atoms with Gasteiger partial charge in [0, 0.05) is 5.56 Å². The highest BCUT2D eigenvalue weighted by atomic mass is 19.2. The lowest BCUT2D eigenvalue weighted by atomic mass is 9.77. The highest BCUT2D eigenvalue weighted by Gasteiger charge is 2.23. The van der Waals surface area contributed by atoms with Crippen molar-refractivity contribution in [2.75, 3.05) is 7.11 Å². The van der Waals surface area contributed by atoms with Crippen LogP contribution in [0.3, 0.4) is 0 Å². The van der Waals surface area contributed by atoms with Crippen LogP contribution in [0.15, 0.2) is 30.3 Å². The third-order valence-corrected chi connectivity index (χ3v) is 5.53. The molecule has 0 aromatic heterocycles. The summed E-state index contributed by atoms with van der Waals surface area (Å²) in [5.74, 6) is -2.03. The van der Waals surface area contributed by atoms with Crippen LogP contribution in [-0.4, -0.2) is 7.11 Å². The molecule has 1 aliphatic carbocycles. The molecule has 0 radical (unpaired) electrons. The Bertz CT molecular complexity index is 741. The lowest BCUT2D eigenvalue weighted by molar-refractivity contribution is 0.308. The summed E-state index contributed by atoms with van der Waals surface area (Å²) in [6.07, 6.45) is 7.21. The summed E-state index contributed by atoms with van der Waals surface area (Å²) in [5, 5.41) is 0. The summed E-state index contributed by atoms with van der Waals surface area (Å²) < 4.78 is 46.0. The minimum Gasteiger partial charge on any atom is -0.496 e. The first-order chi connectivity index (χ1) is 12.5. The van der Waals surface area contributed by atoms with Gasteiger partial charge in [-0.15, -0.1) is 0 Å². The van der Waals surface area contributed by atoms with Crippen molar-refractivity contribution in [3.05, 3.63) is 53.3 Å². The third-order valence-electron chi connectivity index (χ3n) is 5.53. The van der Waals surface area contributed by atoms with Crippen molar-refractivity contribution >= 4 is 0 Å². The molecule has 3 rings (SSSR count). The first-order valence-electron chi connectivity index (χ1n) is 9.36. The highest BCUT2D eigenvalue weighted by molar-refractivity contribution is 5.71. The van der Waals surface area contributed by atoms with Gasteiger partial charge in [0.05, 0.1) is 7.11 Å². The zero-order valence-electron chi connectivity index (χ0n) is 15.3. The maximum atomic E-state index is 13.7. The lowest BCUT2D eigenvalue weighted by Gasteiger charge is -2.29. The monoisotopic (exact) mass is 362 g/mol. The highest BCUT2D eigenvalue weighted by Crippen LogP contribution is 2.40. The second-order valence-corrected chi connectivity index (χ2v) is 7.22. The van der Waals surface area contributed by atoms with Crippen molar-refractivity contribution < 1.29 is 17.9 Å². The van der Waals surface area contributed by atoms with Gasteiger partial charge >= 0.3 is 0 Å². The Morgan fingerprint density at radius 1 is 0.962 bits per heavy atom. The van der Waals surface area contributed by atoms with Gasteiger partial charge in [0.25, 0.3) is 0 Å². The second-order valence-electron chi connectivity index (χ2n) is 7.22. The fourth-order valence-corrected chi connectivity index (χ4v) is 4.11. The van der Waals surface area contributed by atoms with E-state index in [0.29, 0.717) is 22.8 Å². The number of ether oxygens (including phenoxy) is 1. The number of rotatable bonds is 5. The molecule has 0 aliphatic heterocycles. The van der Waals surface area contributed by atoms with E-state index in [-0.39, 0.29) is 0 Å². The molecule has 0 N–H and O–H groups in total. The smallest absolute Gasteiger partial charge is 0.194 e. The van der Waals surface area contributed by atoms with E-state index in [9.17, 15) is 13.2 Å². The van der Waals surface area contributed by atoms with Crippen LogP contribution in [0.4, 0.5) is 13.2 Å². The van der Waals surface area contributed by atoms with Crippen molar-refractivity contribution in [1.29, 1.82) is 0 Å². The van der Waals surface area contributed by atoms with E-state index in [1.165, 1.54) is 32.8 Å². The van der Waals surface area contributed by atoms with E-state index in [2.05, 4.69) is 6.92 Å². The molecule has 4 heteroatoms. The fraction of sp³-hybridized carbons (Fsp3) is 0.455. The Balaban J connectivity index is 1.90. The summed E-state index contributed by atoms with van der Waals surface area (Å²) in [7, 11) is 1.52. The van der Waals surface area contributed by atoms with Gasteiger partial charge in [0.2, 0.25) is 0 Å². The summed E-state index contributed by atoms with van der Waals surface area (Å²) in [6, 6.07) is 7.86. The summed E-state index contributed by atoms with van der Waals surface area (Å²) in [5.41, 5.74) is 2.04. The quantitative estimate of drug-likeness (QED) is 0.528. The average Bonchev–Trinajstić information content (AvgIpc) is 2.66. The van der Waals surface area contributed by atoms with Crippen LogP contribution in [0.5, 0.6) is 5.75 Å². The van der Waals surface area contributed by atoms with Gasteiger partial charge in [-0.3, -0.25) is 0 Å². The maximum Gasteiger partial charge on any atom is 0.194 e. The molecule has 1 nitrogen and oxygen atoms in total. The van der Waals surface area contributed by atoms with E-state index < -0.39 is 17.5 Å². The normalized spacial score (nSPS) is 20.2. The molecule has 0 bridgehead atoms. The van der Waals surface area contributed by atoms with Crippen molar-refractivity contribution in [3.63, 3.8) is 0 Å². The second kappa shape index (κ2) is 8.15. The third kappa shape index (κ3) is 3.89. The Labute approximate surface area is 153 Å². The van der Waals surface area contributed by atoms with Gasteiger partial charge in [-0.1, -0.05) is 25.8 Å². The van der Waals surface area contributed by atoms with Gasteiger partial charge in [0.15, 0.2) is 17.5 Å². The summed E-state index contributed by atoms with van der Waals surface area (Å²) >= 11 is 0. The zero-order valence-corrected chi connectivity index (χ0v) is 15.3. The van der Waals surface area contributed by atoms with Gasteiger partial charge in [-0.25, -0.2) is 13.2 Å². The molecule has 0 atom stereocenters. The number of hydrogen-bond acceptors (Lipinski definition) is 1. The SMILES string of the molecule is CCC[C@H]1CC[C@H](c2ccc(OC)c(-c3cc(F)c(F)c(F)c3)c2)CC1. The van der Waals surface area contributed by atoms with Crippen LogP contribution in [0.25, 0.3) is 11.1 Å². The maximum absolute atomic E-state index is 13.7. The van der Waals surface area contributed by atoms with Crippen LogP contribution in [-0.2, 0) is 0 Å². The number of halogens is 3. The lowest BCUT2D eigenvalue weighted by Crippen LogP contribution is -2.13. The van der Waals surface area contributed by atoms with Gasteiger partial charge in [-0.2, -0.15) is 0 Å². The largest absolute Gasteiger partial charge is 0.496 e. The van der Waals surface area contributed by atoms with E-state index in [0.717, 1.165) is 36.5 Å². The van der Waals surface area contributed by atoms with E-state index >= 15 is 0 Å². The molecular weight excluding hydrogens is 337 g/mol. The zero-order chi connectivity index (χ0) is 18.7. The molecule has 1 aliphatic rings. The molecule has 0 saturated heterocycles. The fourth-order valence-electron chi connectivity index (χ4n) is 4.11. The van der Waals surface area contributed by atoms with Gasteiger partial charge in [0.1, 0.15) is 5.75 Å². The number of hydrogen-bond donors (Lipinski definition) is 0. The van der Waals surface area contributed by atoms with Crippen LogP contribution >= 0.6 is 0 Å². The topological polar surface area (TPSA) is 9.23 Å². The molecule has 2 aromatic carbocycles. The summed E-state index contributed by atoms with van der Waals surface area (Å²) in [6.45, 7) is 2.22. The first kappa shape index (κ1) is 18.8. The van der Waals surface area contributed by atoms with Gasteiger partial charge in [-0.05, 0) is 72.9 Å². The molecule has 1 fully saturated rings. The standard InChI is InChI=1S/C22H25F3O/c1-3-4-14-5-7-15(8-6-14)16-9-10-21(26-2)18(11-16)17-12-19(23)22(25)20(24)13-17/h9-15H,3-8H2,1-2H3/t14-,15-. The number of benzene rings is 2. The van der Waals surface area contributed by atoms with Crippen molar-refractivity contribution in [2.45, 2.75) is 51.4 Å². The average molecular weight is 362 g/mol. The molecule has 26 heavy (non-hydrogen) atoms. The van der Waals surface area contributed by atoms with Crippen LogP contribution < -0.4 is 4.74 Å². The Morgan fingerprint density at radius 3 is 2.19 bits per heavy atom. The van der Waals surface area contributed by atoms with Gasteiger partial charge < -0.3 is 4.74 Å². The van der Waals surface area contributed by atoms with Crippen molar-refractivity contribution in [3.8, 4) is 16.9 Å². The molecule has 2 aromatic rings. The molecular formula is C22H25F3O. The van der Waals surface area contributed by atoms with Crippen LogP contribution in [0.1, 0.15) is 56.9 Å². The van der Waals surface area contributed by atoms with Crippen molar-refractivity contribution in [1.82, 2.24) is 0 Å². The number of methoxy groups -OCH3 is 1. The predicted molar refractivity (Wildman–Crippen MR) is 97.9 cm³/mol. The minimum atomic E-state index is -1.45. The molecule has 0 heterocycles. The Morgan fingerprint density at radius 2 is 1.62 bits per heavy atom. The van der Waals surface area contributed by atoms with Crippen LogP contribution in [0.2, 0.25) is 0 Å². The molecule has 0 unspecified atom stereocenters.